The Kier molecular flexibility index (Phi) is 6.99. The molecule has 1 aliphatic heterocycles. The summed E-state index contributed by atoms with van der Waals surface area (Å²) in [6.45, 7) is 3.83. The summed E-state index contributed by atoms with van der Waals surface area (Å²) in [7, 11) is 0. The number of nitrogens with zero attached hydrogens (tertiary/aromatic N) is 1. The van der Waals surface area contributed by atoms with Gasteiger partial charge in [-0.25, -0.2) is 8.78 Å². The largest absolute Gasteiger partial charge is 0.376 e. The van der Waals surface area contributed by atoms with Crippen molar-refractivity contribution in [3.63, 3.8) is 0 Å². The first kappa shape index (κ1) is 20.7. The zero-order chi connectivity index (χ0) is 20.1. The van der Waals surface area contributed by atoms with Crippen LogP contribution in [0.2, 0.25) is 5.02 Å². The molecule has 0 bridgehead atoms. The molecular formula is C21H23ClF2N2O2. The molecule has 7 heteroatoms. The quantitative estimate of drug-likeness (QED) is 0.791. The van der Waals surface area contributed by atoms with Crippen LogP contribution in [0, 0.1) is 11.6 Å². The highest BCUT2D eigenvalue weighted by Crippen LogP contribution is 2.31. The predicted octanol–water partition coefficient (Wildman–Crippen LogP) is 3.74. The Bertz CT molecular complexity index is 814. The van der Waals surface area contributed by atoms with Gasteiger partial charge in [0.05, 0.1) is 25.2 Å². The maximum atomic E-state index is 14.6. The molecule has 0 aliphatic carbocycles. The van der Waals surface area contributed by atoms with Crippen molar-refractivity contribution >= 4 is 17.5 Å². The van der Waals surface area contributed by atoms with Gasteiger partial charge in [0, 0.05) is 30.2 Å². The van der Waals surface area contributed by atoms with Gasteiger partial charge in [-0.15, -0.1) is 0 Å². The summed E-state index contributed by atoms with van der Waals surface area (Å²) >= 11 is 6.29. The maximum Gasteiger partial charge on any atom is 0.224 e. The van der Waals surface area contributed by atoms with Crippen LogP contribution in [0.1, 0.15) is 24.1 Å². The lowest BCUT2D eigenvalue weighted by molar-refractivity contribution is -0.120. The zero-order valence-corrected chi connectivity index (χ0v) is 16.4. The second-order valence-electron chi connectivity index (χ2n) is 6.90. The molecule has 1 aliphatic rings. The van der Waals surface area contributed by atoms with E-state index in [9.17, 15) is 13.6 Å². The van der Waals surface area contributed by atoms with Gasteiger partial charge < -0.3 is 10.1 Å². The van der Waals surface area contributed by atoms with Crippen LogP contribution in [0.4, 0.5) is 8.78 Å². The van der Waals surface area contributed by atoms with Crippen LogP contribution in [-0.4, -0.2) is 43.2 Å². The summed E-state index contributed by atoms with van der Waals surface area (Å²) in [6.07, 6.45) is -0.0832. The molecule has 150 valence electrons. The number of amides is 1. The monoisotopic (exact) mass is 408 g/mol. The third-order valence-corrected chi connectivity index (χ3v) is 5.18. The van der Waals surface area contributed by atoms with E-state index in [0.717, 1.165) is 0 Å². The average molecular weight is 409 g/mol. The van der Waals surface area contributed by atoms with Crippen LogP contribution in [0.3, 0.4) is 0 Å². The summed E-state index contributed by atoms with van der Waals surface area (Å²) in [5.74, 6) is -1.17. The standard InChI is InChI=1S/C21H23ClF2N2O2/c1-14-13-26(9-10-28-14)19(21-16(22)6-4-8-18(21)24)12-25-20(27)11-15-5-2-3-7-17(15)23/h2-8,14,19H,9-13H2,1H3,(H,25,27). The van der Waals surface area contributed by atoms with Gasteiger partial charge >= 0.3 is 0 Å². The first-order valence-corrected chi connectivity index (χ1v) is 9.63. The number of rotatable bonds is 6. The summed E-state index contributed by atoms with van der Waals surface area (Å²) in [4.78, 5) is 14.4. The second kappa shape index (κ2) is 9.45. The smallest absolute Gasteiger partial charge is 0.224 e. The van der Waals surface area contributed by atoms with E-state index in [0.29, 0.717) is 35.8 Å². The topological polar surface area (TPSA) is 41.6 Å². The summed E-state index contributed by atoms with van der Waals surface area (Å²) in [6, 6.07) is 10.3. The maximum absolute atomic E-state index is 14.6. The Labute approximate surface area is 168 Å². The number of hydrogen-bond donors (Lipinski definition) is 1. The van der Waals surface area contributed by atoms with Gasteiger partial charge in [0.15, 0.2) is 0 Å². The first-order chi connectivity index (χ1) is 13.5. The van der Waals surface area contributed by atoms with Crippen molar-refractivity contribution in [1.82, 2.24) is 10.2 Å². The van der Waals surface area contributed by atoms with Crippen LogP contribution >= 0.6 is 11.6 Å². The molecule has 1 heterocycles. The SMILES string of the molecule is CC1CN(C(CNC(=O)Cc2ccccc2F)c2c(F)cccc2Cl)CCO1. The van der Waals surface area contributed by atoms with Gasteiger partial charge in [-0.3, -0.25) is 9.69 Å². The fraction of sp³-hybridized carbons (Fsp3) is 0.381. The van der Waals surface area contributed by atoms with E-state index in [1.165, 1.54) is 12.1 Å². The fourth-order valence-corrected chi connectivity index (χ4v) is 3.75. The molecule has 1 fully saturated rings. The third kappa shape index (κ3) is 5.07. The summed E-state index contributed by atoms with van der Waals surface area (Å²) in [5.41, 5.74) is 0.671. The number of halogens is 3. The molecule has 0 saturated carbocycles. The molecule has 28 heavy (non-hydrogen) atoms. The number of carbonyl (C=O) groups excluding carboxylic acids is 1. The van der Waals surface area contributed by atoms with E-state index in [4.69, 9.17) is 16.3 Å². The van der Waals surface area contributed by atoms with Crippen molar-refractivity contribution in [3.05, 3.63) is 70.2 Å². The minimum absolute atomic E-state index is 0.00378. The van der Waals surface area contributed by atoms with E-state index in [1.54, 1.807) is 30.3 Å². The Morgan fingerprint density at radius 1 is 1.25 bits per heavy atom. The lowest BCUT2D eigenvalue weighted by Gasteiger charge is -2.38. The van der Waals surface area contributed by atoms with E-state index in [1.807, 2.05) is 6.92 Å². The van der Waals surface area contributed by atoms with Crippen molar-refractivity contribution in [2.45, 2.75) is 25.5 Å². The Morgan fingerprint density at radius 3 is 2.71 bits per heavy atom. The Hall–Kier alpha value is -2.02. The summed E-state index contributed by atoms with van der Waals surface area (Å²) in [5, 5.41) is 3.12. The number of benzene rings is 2. The van der Waals surface area contributed by atoms with Crippen molar-refractivity contribution < 1.29 is 18.3 Å². The van der Waals surface area contributed by atoms with Crippen molar-refractivity contribution in [2.24, 2.45) is 0 Å². The molecule has 2 aromatic rings. The van der Waals surface area contributed by atoms with Crippen LogP contribution in [0.25, 0.3) is 0 Å². The highest BCUT2D eigenvalue weighted by atomic mass is 35.5. The molecule has 2 aromatic carbocycles. The normalized spacial score (nSPS) is 18.6. The van der Waals surface area contributed by atoms with Crippen LogP contribution in [0.5, 0.6) is 0 Å². The highest BCUT2D eigenvalue weighted by Gasteiger charge is 2.29. The van der Waals surface area contributed by atoms with Crippen molar-refractivity contribution in [2.75, 3.05) is 26.2 Å². The molecule has 0 radical (unpaired) electrons. The van der Waals surface area contributed by atoms with Crippen LogP contribution in [-0.2, 0) is 16.0 Å². The van der Waals surface area contributed by atoms with Crippen molar-refractivity contribution in [3.8, 4) is 0 Å². The molecule has 3 rings (SSSR count). The van der Waals surface area contributed by atoms with Gasteiger partial charge in [0.1, 0.15) is 11.6 Å². The van der Waals surface area contributed by atoms with Crippen LogP contribution in [0.15, 0.2) is 42.5 Å². The number of ether oxygens (including phenoxy) is 1. The van der Waals surface area contributed by atoms with E-state index < -0.39 is 17.7 Å². The molecule has 1 saturated heterocycles. The zero-order valence-electron chi connectivity index (χ0n) is 15.6. The first-order valence-electron chi connectivity index (χ1n) is 9.25. The van der Waals surface area contributed by atoms with Crippen molar-refractivity contribution in [1.29, 1.82) is 0 Å². The molecule has 4 nitrogen and oxygen atoms in total. The molecule has 1 N–H and O–H groups in total. The average Bonchev–Trinajstić information content (AvgIpc) is 2.66. The van der Waals surface area contributed by atoms with E-state index >= 15 is 0 Å². The van der Waals surface area contributed by atoms with Gasteiger partial charge in [-0.1, -0.05) is 35.9 Å². The number of carbonyl (C=O) groups is 1. The Balaban J connectivity index is 1.76. The van der Waals surface area contributed by atoms with E-state index in [-0.39, 0.29) is 25.0 Å². The van der Waals surface area contributed by atoms with Gasteiger partial charge in [0.25, 0.3) is 0 Å². The fourth-order valence-electron chi connectivity index (χ4n) is 3.46. The molecule has 1 amide bonds. The number of hydrogen-bond acceptors (Lipinski definition) is 3. The van der Waals surface area contributed by atoms with Gasteiger partial charge in [-0.05, 0) is 30.7 Å². The minimum Gasteiger partial charge on any atom is -0.376 e. The van der Waals surface area contributed by atoms with Gasteiger partial charge in [-0.2, -0.15) is 0 Å². The third-order valence-electron chi connectivity index (χ3n) is 4.85. The lowest BCUT2D eigenvalue weighted by Crippen LogP contribution is -2.47. The van der Waals surface area contributed by atoms with Gasteiger partial charge in [0.2, 0.25) is 5.91 Å². The molecule has 2 unspecified atom stereocenters. The second-order valence-corrected chi connectivity index (χ2v) is 7.31. The predicted molar refractivity (Wildman–Crippen MR) is 104 cm³/mol. The molecule has 0 spiro atoms. The number of morpholine rings is 1. The van der Waals surface area contributed by atoms with Crippen LogP contribution < -0.4 is 5.32 Å². The Morgan fingerprint density at radius 2 is 2.00 bits per heavy atom. The number of nitrogens with one attached hydrogen (secondary N) is 1. The molecule has 0 aromatic heterocycles. The van der Waals surface area contributed by atoms with E-state index in [2.05, 4.69) is 10.2 Å². The molecular weight excluding hydrogens is 386 g/mol. The highest BCUT2D eigenvalue weighted by molar-refractivity contribution is 6.31. The minimum atomic E-state index is -0.440. The summed E-state index contributed by atoms with van der Waals surface area (Å²) < 4.78 is 33.9. The molecule has 2 atom stereocenters. The lowest BCUT2D eigenvalue weighted by atomic mass is 10.0.